The van der Waals surface area contributed by atoms with Gasteiger partial charge in [0.25, 0.3) is 0 Å². The molecular formula is C13H24N2S. The summed E-state index contributed by atoms with van der Waals surface area (Å²) in [5.74, 6) is 2.74. The summed E-state index contributed by atoms with van der Waals surface area (Å²) >= 11 is 2.14. The molecule has 3 heteroatoms. The number of thioether (sulfide) groups is 1. The molecule has 0 radical (unpaired) electrons. The molecule has 3 heterocycles. The maximum absolute atomic E-state index is 3.92. The van der Waals surface area contributed by atoms with Gasteiger partial charge in [0.05, 0.1) is 0 Å². The third-order valence-electron chi connectivity index (χ3n) is 4.45. The molecule has 0 aromatic carbocycles. The molecule has 1 N–H and O–H groups in total. The van der Waals surface area contributed by atoms with Gasteiger partial charge in [-0.1, -0.05) is 0 Å². The second-order valence-corrected chi connectivity index (χ2v) is 6.78. The Morgan fingerprint density at radius 1 is 1.00 bits per heavy atom. The second kappa shape index (κ2) is 5.28. The molecule has 3 fully saturated rings. The molecule has 0 amide bonds. The fourth-order valence-electron chi connectivity index (χ4n) is 3.58. The monoisotopic (exact) mass is 240 g/mol. The molecule has 0 aliphatic carbocycles. The molecule has 0 spiro atoms. The highest BCUT2D eigenvalue weighted by Crippen LogP contribution is 2.28. The molecule has 3 saturated heterocycles. The Bertz CT molecular complexity index is 228. The van der Waals surface area contributed by atoms with E-state index in [1.54, 1.807) is 0 Å². The fraction of sp³-hybridized carbons (Fsp3) is 1.00. The van der Waals surface area contributed by atoms with Gasteiger partial charge >= 0.3 is 0 Å². The summed E-state index contributed by atoms with van der Waals surface area (Å²) in [5, 5.41) is 3.92. The zero-order chi connectivity index (χ0) is 10.8. The molecule has 3 unspecified atom stereocenters. The van der Waals surface area contributed by atoms with Crippen LogP contribution in [0.1, 0.15) is 38.5 Å². The second-order valence-electron chi connectivity index (χ2n) is 5.63. The number of hydrogen-bond donors (Lipinski definition) is 1. The third-order valence-corrected chi connectivity index (χ3v) is 5.67. The SMILES string of the molecule is C1CSCC(NC2CCN3CCCC3C2)C1. The van der Waals surface area contributed by atoms with Crippen LogP contribution >= 0.6 is 11.8 Å². The fourth-order valence-corrected chi connectivity index (χ4v) is 4.67. The number of piperidine rings is 1. The van der Waals surface area contributed by atoms with E-state index in [-0.39, 0.29) is 0 Å². The van der Waals surface area contributed by atoms with Crippen molar-refractivity contribution in [3.8, 4) is 0 Å². The first-order valence-electron chi connectivity index (χ1n) is 6.99. The van der Waals surface area contributed by atoms with Gasteiger partial charge in [0, 0.05) is 23.9 Å². The van der Waals surface area contributed by atoms with Gasteiger partial charge in [0.15, 0.2) is 0 Å². The first kappa shape index (κ1) is 11.4. The van der Waals surface area contributed by atoms with Gasteiger partial charge in [-0.3, -0.25) is 0 Å². The largest absolute Gasteiger partial charge is 0.310 e. The zero-order valence-electron chi connectivity index (χ0n) is 10.2. The van der Waals surface area contributed by atoms with Crippen molar-refractivity contribution in [2.75, 3.05) is 24.6 Å². The molecule has 0 aromatic rings. The van der Waals surface area contributed by atoms with Crippen LogP contribution in [0.3, 0.4) is 0 Å². The number of hydrogen-bond acceptors (Lipinski definition) is 3. The standard InChI is InChI=1S/C13H24N2S/c1-4-13-9-11(5-7-15(13)6-1)14-12-3-2-8-16-10-12/h11-14H,1-10H2. The Morgan fingerprint density at radius 2 is 2.00 bits per heavy atom. The summed E-state index contributed by atoms with van der Waals surface area (Å²) in [4.78, 5) is 2.72. The van der Waals surface area contributed by atoms with Crippen molar-refractivity contribution in [3.63, 3.8) is 0 Å². The zero-order valence-corrected chi connectivity index (χ0v) is 11.0. The average Bonchev–Trinajstić information content (AvgIpc) is 2.77. The molecule has 16 heavy (non-hydrogen) atoms. The molecule has 3 atom stereocenters. The minimum atomic E-state index is 0.816. The Hall–Kier alpha value is 0.270. The first-order chi connectivity index (χ1) is 7.92. The number of rotatable bonds is 2. The lowest BCUT2D eigenvalue weighted by atomic mass is 9.96. The van der Waals surface area contributed by atoms with Gasteiger partial charge in [-0.2, -0.15) is 11.8 Å². The quantitative estimate of drug-likeness (QED) is 0.796. The minimum absolute atomic E-state index is 0.816. The summed E-state index contributed by atoms with van der Waals surface area (Å²) in [5.41, 5.74) is 0. The van der Waals surface area contributed by atoms with Crippen LogP contribution in [0.5, 0.6) is 0 Å². The van der Waals surface area contributed by atoms with Crippen LogP contribution in [-0.4, -0.2) is 47.6 Å². The Labute approximate surface area is 104 Å². The van der Waals surface area contributed by atoms with Crippen molar-refractivity contribution >= 4 is 11.8 Å². The van der Waals surface area contributed by atoms with Crippen molar-refractivity contribution in [2.24, 2.45) is 0 Å². The number of fused-ring (bicyclic) bond motifs is 1. The maximum Gasteiger partial charge on any atom is 0.0161 e. The van der Waals surface area contributed by atoms with Gasteiger partial charge in [-0.25, -0.2) is 0 Å². The summed E-state index contributed by atoms with van der Waals surface area (Å²) in [6.45, 7) is 2.72. The van der Waals surface area contributed by atoms with E-state index in [9.17, 15) is 0 Å². The summed E-state index contributed by atoms with van der Waals surface area (Å²) in [7, 11) is 0. The Kier molecular flexibility index (Phi) is 3.75. The van der Waals surface area contributed by atoms with Gasteiger partial charge in [0.1, 0.15) is 0 Å². The van der Waals surface area contributed by atoms with E-state index in [4.69, 9.17) is 0 Å². The Balaban J connectivity index is 1.48. The first-order valence-corrected chi connectivity index (χ1v) is 8.15. The van der Waals surface area contributed by atoms with Crippen LogP contribution < -0.4 is 5.32 Å². The molecule has 2 nitrogen and oxygen atoms in total. The van der Waals surface area contributed by atoms with Crippen LogP contribution in [0.2, 0.25) is 0 Å². The van der Waals surface area contributed by atoms with E-state index in [1.807, 2.05) is 0 Å². The minimum Gasteiger partial charge on any atom is -0.310 e. The lowest BCUT2D eigenvalue weighted by Gasteiger charge is -2.37. The summed E-state index contributed by atoms with van der Waals surface area (Å²) in [6.07, 6.45) is 8.54. The Morgan fingerprint density at radius 3 is 2.88 bits per heavy atom. The van der Waals surface area contributed by atoms with Gasteiger partial charge < -0.3 is 10.2 Å². The van der Waals surface area contributed by atoms with E-state index in [2.05, 4.69) is 22.0 Å². The van der Waals surface area contributed by atoms with Crippen LogP contribution in [0.15, 0.2) is 0 Å². The van der Waals surface area contributed by atoms with Gasteiger partial charge in [-0.15, -0.1) is 0 Å². The number of nitrogens with one attached hydrogen (secondary N) is 1. The van der Waals surface area contributed by atoms with E-state index < -0.39 is 0 Å². The molecule has 92 valence electrons. The molecule has 0 aromatic heterocycles. The molecule has 3 rings (SSSR count). The summed E-state index contributed by atoms with van der Waals surface area (Å²) in [6, 6.07) is 2.56. The normalized spacial score (nSPS) is 40.9. The van der Waals surface area contributed by atoms with Gasteiger partial charge in [0.2, 0.25) is 0 Å². The van der Waals surface area contributed by atoms with Crippen molar-refractivity contribution in [3.05, 3.63) is 0 Å². The third kappa shape index (κ3) is 2.57. The van der Waals surface area contributed by atoms with Crippen LogP contribution in [0.25, 0.3) is 0 Å². The lowest BCUT2D eigenvalue weighted by molar-refractivity contribution is 0.161. The summed E-state index contributed by atoms with van der Waals surface area (Å²) < 4.78 is 0. The molecular weight excluding hydrogens is 216 g/mol. The van der Waals surface area contributed by atoms with E-state index in [0.29, 0.717) is 0 Å². The highest BCUT2D eigenvalue weighted by atomic mass is 32.2. The molecule has 0 bridgehead atoms. The maximum atomic E-state index is 3.92. The molecule has 0 saturated carbocycles. The topological polar surface area (TPSA) is 15.3 Å². The van der Waals surface area contributed by atoms with Crippen LogP contribution in [-0.2, 0) is 0 Å². The van der Waals surface area contributed by atoms with Crippen molar-refractivity contribution in [1.29, 1.82) is 0 Å². The predicted octanol–water partition coefficient (Wildman–Crippen LogP) is 2.10. The van der Waals surface area contributed by atoms with Crippen molar-refractivity contribution < 1.29 is 0 Å². The van der Waals surface area contributed by atoms with Gasteiger partial charge in [-0.05, 0) is 57.4 Å². The highest BCUT2D eigenvalue weighted by molar-refractivity contribution is 7.99. The van der Waals surface area contributed by atoms with Crippen LogP contribution in [0.4, 0.5) is 0 Å². The molecule has 3 aliphatic heterocycles. The molecule has 3 aliphatic rings. The van der Waals surface area contributed by atoms with E-state index in [0.717, 1.165) is 18.1 Å². The van der Waals surface area contributed by atoms with E-state index >= 15 is 0 Å². The predicted molar refractivity (Wildman–Crippen MR) is 71.1 cm³/mol. The smallest absolute Gasteiger partial charge is 0.0161 e. The van der Waals surface area contributed by atoms with Crippen molar-refractivity contribution in [2.45, 2.75) is 56.7 Å². The van der Waals surface area contributed by atoms with E-state index in [1.165, 1.54) is 63.1 Å². The average molecular weight is 240 g/mol. The van der Waals surface area contributed by atoms with Crippen LogP contribution in [0, 0.1) is 0 Å². The van der Waals surface area contributed by atoms with Crippen molar-refractivity contribution in [1.82, 2.24) is 10.2 Å². The highest BCUT2D eigenvalue weighted by Gasteiger charge is 2.32. The number of nitrogens with zero attached hydrogens (tertiary/aromatic N) is 1. The lowest BCUT2D eigenvalue weighted by Crippen LogP contribution is -2.49.